The van der Waals surface area contributed by atoms with E-state index >= 15 is 0 Å². The molecule has 2 heterocycles. The third-order valence-electron chi connectivity index (χ3n) is 6.05. The number of aliphatic hydroxyl groups is 1. The van der Waals surface area contributed by atoms with Gasteiger partial charge in [-0.25, -0.2) is 4.79 Å². The molecule has 2 atom stereocenters. The number of amides is 3. The highest BCUT2D eigenvalue weighted by Crippen LogP contribution is 2.21. The number of para-hydroxylation sites is 1. The van der Waals surface area contributed by atoms with Crippen LogP contribution in [0.25, 0.3) is 0 Å². The second kappa shape index (κ2) is 9.94. The normalized spacial score (nSPS) is 22.3. The van der Waals surface area contributed by atoms with Gasteiger partial charge in [0.2, 0.25) is 5.91 Å². The first kappa shape index (κ1) is 21.3. The van der Waals surface area contributed by atoms with E-state index < -0.39 is 12.1 Å². The first-order valence-corrected chi connectivity index (χ1v) is 11.0. The van der Waals surface area contributed by atoms with Crippen LogP contribution in [0, 0.1) is 0 Å². The number of rotatable bonds is 5. The number of nitrogens with zero attached hydrogens (tertiary/aromatic N) is 2. The lowest BCUT2D eigenvalue weighted by molar-refractivity contribution is -0.125. The third kappa shape index (κ3) is 5.62. The van der Waals surface area contributed by atoms with Gasteiger partial charge in [-0.1, -0.05) is 48.5 Å². The van der Waals surface area contributed by atoms with Crippen LogP contribution in [0.2, 0.25) is 0 Å². The summed E-state index contributed by atoms with van der Waals surface area (Å²) in [6.07, 6.45) is 1.33. The molecule has 2 aliphatic heterocycles. The number of carbonyl (C=O) groups is 2. The second-order valence-corrected chi connectivity index (χ2v) is 8.40. The Balaban J connectivity index is 1.28. The Hall–Kier alpha value is -2.90. The smallest absolute Gasteiger partial charge is 0.322 e. The molecule has 2 aromatic rings. The molecule has 2 fully saturated rings. The van der Waals surface area contributed by atoms with Crippen molar-refractivity contribution < 1.29 is 14.7 Å². The van der Waals surface area contributed by atoms with Crippen molar-refractivity contribution in [3.63, 3.8) is 0 Å². The van der Waals surface area contributed by atoms with Gasteiger partial charge in [-0.05, 0) is 30.5 Å². The summed E-state index contributed by atoms with van der Waals surface area (Å²) in [6.45, 7) is 2.92. The fourth-order valence-corrected chi connectivity index (χ4v) is 4.38. The molecule has 0 unspecified atom stereocenters. The molecule has 3 amide bonds. The zero-order valence-electron chi connectivity index (χ0n) is 17.6. The maximum atomic E-state index is 12.9. The van der Waals surface area contributed by atoms with Crippen LogP contribution in [0.4, 0.5) is 10.5 Å². The lowest BCUT2D eigenvalue weighted by Gasteiger charge is -2.33. The third-order valence-corrected chi connectivity index (χ3v) is 6.05. The van der Waals surface area contributed by atoms with Gasteiger partial charge in [-0.3, -0.25) is 9.69 Å². The molecule has 31 heavy (non-hydrogen) atoms. The van der Waals surface area contributed by atoms with Crippen LogP contribution in [0.3, 0.4) is 0 Å². The number of hydrogen-bond acceptors (Lipinski definition) is 4. The number of anilines is 1. The van der Waals surface area contributed by atoms with Gasteiger partial charge in [0.05, 0.1) is 6.10 Å². The Labute approximate surface area is 183 Å². The van der Waals surface area contributed by atoms with Crippen LogP contribution in [0.5, 0.6) is 0 Å². The van der Waals surface area contributed by atoms with E-state index in [1.54, 1.807) is 12.1 Å². The molecule has 7 heteroatoms. The van der Waals surface area contributed by atoms with Gasteiger partial charge < -0.3 is 20.6 Å². The number of piperidine rings is 1. The summed E-state index contributed by atoms with van der Waals surface area (Å²) in [4.78, 5) is 29.5. The minimum Gasteiger partial charge on any atom is -0.391 e. The Morgan fingerprint density at radius 2 is 1.61 bits per heavy atom. The molecule has 0 radical (unpaired) electrons. The first-order chi connectivity index (χ1) is 15.1. The number of likely N-dealkylation sites (tertiary alicyclic amines) is 2. The van der Waals surface area contributed by atoms with Gasteiger partial charge in [0.25, 0.3) is 0 Å². The van der Waals surface area contributed by atoms with Crippen LogP contribution in [-0.4, -0.2) is 64.7 Å². The summed E-state index contributed by atoms with van der Waals surface area (Å²) in [5.41, 5.74) is 1.96. The van der Waals surface area contributed by atoms with E-state index in [-0.39, 0.29) is 30.9 Å². The summed E-state index contributed by atoms with van der Waals surface area (Å²) in [5.74, 6) is -0.179. The molecule has 2 saturated heterocycles. The Kier molecular flexibility index (Phi) is 6.84. The summed E-state index contributed by atoms with van der Waals surface area (Å²) < 4.78 is 0. The molecule has 2 aromatic carbocycles. The minimum absolute atomic E-state index is 0.0938. The Morgan fingerprint density at radius 3 is 2.29 bits per heavy atom. The zero-order chi connectivity index (χ0) is 21.6. The van der Waals surface area contributed by atoms with E-state index in [0.29, 0.717) is 5.69 Å². The second-order valence-electron chi connectivity index (χ2n) is 8.40. The average Bonchev–Trinajstić information content (AvgIpc) is 3.19. The molecule has 0 aliphatic carbocycles. The predicted octanol–water partition coefficient (Wildman–Crippen LogP) is 2.43. The SMILES string of the molecule is O=C(NC1CCN(Cc2ccccc2)CC1)[C@@H]1C[C@H](O)CN1C(=O)Nc1ccccc1. The predicted molar refractivity (Wildman–Crippen MR) is 119 cm³/mol. The van der Waals surface area contributed by atoms with Crippen molar-refractivity contribution in [3.05, 3.63) is 66.2 Å². The standard InChI is InChI=1S/C24H30N4O3/c29-21-15-22(28(17-21)24(31)26-19-9-5-2-6-10-19)23(30)25-20-11-13-27(14-12-20)16-18-7-3-1-4-8-18/h1-10,20-22,29H,11-17H2,(H,25,30)(H,26,31)/t21-,22-/m0/s1. The monoisotopic (exact) mass is 422 g/mol. The van der Waals surface area contributed by atoms with Crippen molar-refractivity contribution in [2.45, 2.75) is 44.0 Å². The van der Waals surface area contributed by atoms with Crippen LogP contribution in [0.1, 0.15) is 24.8 Å². The van der Waals surface area contributed by atoms with E-state index in [2.05, 4.69) is 39.8 Å². The molecule has 0 saturated carbocycles. The molecule has 3 N–H and O–H groups in total. The van der Waals surface area contributed by atoms with E-state index in [0.717, 1.165) is 32.5 Å². The Morgan fingerprint density at radius 1 is 0.968 bits per heavy atom. The number of β-amino-alcohol motifs (C(OH)–C–C–N with tert-alkyl or cyclic N) is 1. The summed E-state index contributed by atoms with van der Waals surface area (Å²) in [5, 5.41) is 16.0. The number of urea groups is 1. The molecule has 4 rings (SSSR count). The summed E-state index contributed by atoms with van der Waals surface area (Å²) in [7, 11) is 0. The number of aliphatic hydroxyl groups excluding tert-OH is 1. The minimum atomic E-state index is -0.690. The molecular weight excluding hydrogens is 392 g/mol. The molecule has 164 valence electrons. The van der Waals surface area contributed by atoms with Gasteiger partial charge in [0.15, 0.2) is 0 Å². The van der Waals surface area contributed by atoms with Gasteiger partial charge in [0, 0.05) is 44.3 Å². The number of carbonyl (C=O) groups excluding carboxylic acids is 2. The van der Waals surface area contributed by atoms with Gasteiger partial charge in [0.1, 0.15) is 6.04 Å². The highest BCUT2D eigenvalue weighted by molar-refractivity contribution is 5.94. The van der Waals surface area contributed by atoms with Crippen LogP contribution in [0.15, 0.2) is 60.7 Å². The highest BCUT2D eigenvalue weighted by atomic mass is 16.3. The van der Waals surface area contributed by atoms with Gasteiger partial charge >= 0.3 is 6.03 Å². The van der Waals surface area contributed by atoms with Crippen molar-refractivity contribution in [3.8, 4) is 0 Å². The largest absolute Gasteiger partial charge is 0.391 e. The number of hydrogen-bond donors (Lipinski definition) is 3. The van der Waals surface area contributed by atoms with Crippen molar-refractivity contribution in [2.24, 2.45) is 0 Å². The lowest BCUT2D eigenvalue weighted by atomic mass is 10.0. The van der Waals surface area contributed by atoms with E-state index in [9.17, 15) is 14.7 Å². The summed E-state index contributed by atoms with van der Waals surface area (Å²) in [6, 6.07) is 18.6. The van der Waals surface area contributed by atoms with E-state index in [1.807, 2.05) is 24.3 Å². The fraction of sp³-hybridized carbons (Fsp3) is 0.417. The molecule has 0 bridgehead atoms. The molecule has 0 aromatic heterocycles. The molecule has 0 spiro atoms. The van der Waals surface area contributed by atoms with E-state index in [1.165, 1.54) is 10.5 Å². The average molecular weight is 423 g/mol. The molecule has 2 aliphatic rings. The van der Waals surface area contributed by atoms with Gasteiger partial charge in [-0.15, -0.1) is 0 Å². The highest BCUT2D eigenvalue weighted by Gasteiger charge is 2.39. The first-order valence-electron chi connectivity index (χ1n) is 11.0. The maximum Gasteiger partial charge on any atom is 0.322 e. The summed E-state index contributed by atoms with van der Waals surface area (Å²) >= 11 is 0. The van der Waals surface area contributed by atoms with Crippen LogP contribution >= 0.6 is 0 Å². The number of nitrogens with one attached hydrogen (secondary N) is 2. The van der Waals surface area contributed by atoms with Crippen molar-refractivity contribution in [1.29, 1.82) is 0 Å². The topological polar surface area (TPSA) is 84.9 Å². The quantitative estimate of drug-likeness (QED) is 0.691. The van der Waals surface area contributed by atoms with Crippen molar-refractivity contribution in [1.82, 2.24) is 15.1 Å². The van der Waals surface area contributed by atoms with Crippen LogP contribution in [-0.2, 0) is 11.3 Å². The maximum absolute atomic E-state index is 12.9. The lowest BCUT2D eigenvalue weighted by Crippen LogP contribution is -2.52. The van der Waals surface area contributed by atoms with Crippen molar-refractivity contribution >= 4 is 17.6 Å². The molecular formula is C24H30N4O3. The van der Waals surface area contributed by atoms with Crippen LogP contribution < -0.4 is 10.6 Å². The zero-order valence-corrected chi connectivity index (χ0v) is 17.6. The van der Waals surface area contributed by atoms with Crippen molar-refractivity contribution in [2.75, 3.05) is 25.0 Å². The fourth-order valence-electron chi connectivity index (χ4n) is 4.38. The van der Waals surface area contributed by atoms with Gasteiger partial charge in [-0.2, -0.15) is 0 Å². The molecule has 7 nitrogen and oxygen atoms in total. The Bertz CT molecular complexity index is 869. The number of benzene rings is 2. The van der Waals surface area contributed by atoms with E-state index in [4.69, 9.17) is 0 Å².